The molecule has 4 aromatic rings. The summed E-state index contributed by atoms with van der Waals surface area (Å²) < 4.78 is 16.7. The summed E-state index contributed by atoms with van der Waals surface area (Å²) in [4.78, 5) is 14.9. The van der Waals surface area contributed by atoms with Crippen LogP contribution in [0.4, 0.5) is 11.5 Å². The van der Waals surface area contributed by atoms with Gasteiger partial charge in [-0.3, -0.25) is 4.79 Å². The molecular weight excluding hydrogens is 454 g/mol. The molecule has 0 aliphatic heterocycles. The average molecular weight is 477 g/mol. The first kappa shape index (κ1) is 23.2. The molecule has 4 rings (SSSR count). The van der Waals surface area contributed by atoms with E-state index in [0.29, 0.717) is 22.8 Å². The van der Waals surface area contributed by atoms with Crippen molar-refractivity contribution in [3.8, 4) is 17.3 Å². The highest BCUT2D eigenvalue weighted by Gasteiger charge is 2.25. The molecule has 0 spiro atoms. The fraction of sp³-hybridized carbons (Fsp3) is 0.182. The normalized spacial score (nSPS) is 10.9. The van der Waals surface area contributed by atoms with Gasteiger partial charge in [-0.1, -0.05) is 29.5 Å². The lowest BCUT2D eigenvalue weighted by Crippen LogP contribution is -2.24. The van der Waals surface area contributed by atoms with Crippen molar-refractivity contribution < 1.29 is 18.9 Å². The minimum Gasteiger partial charge on any atom is -0.493 e. The summed E-state index contributed by atoms with van der Waals surface area (Å²) in [5.41, 5.74) is 10.3. The summed E-state index contributed by atoms with van der Waals surface area (Å²) >= 11 is 0. The van der Waals surface area contributed by atoms with E-state index in [4.69, 9.17) is 19.8 Å². The van der Waals surface area contributed by atoms with Gasteiger partial charge in [-0.15, -0.1) is 5.10 Å². The van der Waals surface area contributed by atoms with E-state index in [1.807, 2.05) is 42.3 Å². The zero-order valence-corrected chi connectivity index (χ0v) is 19.2. The quantitative estimate of drug-likeness (QED) is 0.268. The van der Waals surface area contributed by atoms with Crippen LogP contribution in [0, 0.1) is 0 Å². The van der Waals surface area contributed by atoms with Crippen LogP contribution in [-0.4, -0.2) is 58.7 Å². The Hall–Kier alpha value is -4.94. The molecule has 13 nitrogen and oxygen atoms in total. The third kappa shape index (κ3) is 4.88. The second-order valence-electron chi connectivity index (χ2n) is 7.24. The van der Waals surface area contributed by atoms with E-state index >= 15 is 0 Å². The van der Waals surface area contributed by atoms with Crippen molar-refractivity contribution in [1.29, 1.82) is 0 Å². The number of carbonyl (C=O) groups excluding carboxylic acids is 1. The van der Waals surface area contributed by atoms with Crippen LogP contribution in [0.2, 0.25) is 0 Å². The van der Waals surface area contributed by atoms with Gasteiger partial charge >= 0.3 is 0 Å². The molecule has 1 amide bonds. The third-order valence-corrected chi connectivity index (χ3v) is 5.06. The van der Waals surface area contributed by atoms with Crippen molar-refractivity contribution in [3.05, 3.63) is 65.5 Å². The number of methoxy groups -OCH3 is 2. The number of nitrogens with one attached hydrogen (secondary N) is 1. The molecule has 2 aromatic carbocycles. The summed E-state index contributed by atoms with van der Waals surface area (Å²) in [6.45, 7) is 0.249. The van der Waals surface area contributed by atoms with Crippen LogP contribution < -0.4 is 25.5 Å². The molecule has 0 aliphatic carbocycles. The lowest BCUT2D eigenvalue weighted by atomic mass is 10.2. The molecule has 0 fully saturated rings. The molecule has 2 heterocycles. The number of hydrazone groups is 1. The fourth-order valence-electron chi connectivity index (χ4n) is 3.35. The third-order valence-electron chi connectivity index (χ3n) is 5.06. The van der Waals surface area contributed by atoms with E-state index in [0.717, 1.165) is 5.69 Å². The predicted octanol–water partition coefficient (Wildman–Crippen LogP) is 1.65. The molecule has 0 bridgehead atoms. The number of nitrogens with two attached hydrogens (primary N) is 1. The minimum atomic E-state index is -0.583. The van der Waals surface area contributed by atoms with Crippen molar-refractivity contribution >= 4 is 23.6 Å². The molecule has 0 saturated carbocycles. The molecule has 0 unspecified atom stereocenters. The number of amides is 1. The number of nitrogen functional groups attached to an aromatic ring is 1. The summed E-state index contributed by atoms with van der Waals surface area (Å²) in [5, 5.41) is 19.5. The Morgan fingerprint density at radius 2 is 1.97 bits per heavy atom. The fourth-order valence-corrected chi connectivity index (χ4v) is 3.35. The van der Waals surface area contributed by atoms with Gasteiger partial charge in [-0.25, -0.2) is 10.1 Å². The van der Waals surface area contributed by atoms with Crippen LogP contribution in [0.1, 0.15) is 21.7 Å². The molecule has 0 saturated heterocycles. The van der Waals surface area contributed by atoms with Crippen molar-refractivity contribution in [1.82, 2.24) is 30.7 Å². The Balaban J connectivity index is 1.62. The lowest BCUT2D eigenvalue weighted by Gasteiger charge is -2.19. The van der Waals surface area contributed by atoms with Crippen LogP contribution in [-0.2, 0) is 6.54 Å². The largest absolute Gasteiger partial charge is 0.493 e. The van der Waals surface area contributed by atoms with Crippen LogP contribution in [0.3, 0.4) is 0 Å². The molecule has 13 heteroatoms. The van der Waals surface area contributed by atoms with E-state index in [1.165, 1.54) is 25.1 Å². The summed E-state index contributed by atoms with van der Waals surface area (Å²) in [6.07, 6.45) is 1.44. The van der Waals surface area contributed by atoms with E-state index in [1.54, 1.807) is 18.2 Å². The Bertz CT molecular complexity index is 1330. The smallest absolute Gasteiger partial charge is 0.293 e. The molecule has 0 aliphatic rings. The first-order chi connectivity index (χ1) is 17.0. The van der Waals surface area contributed by atoms with E-state index in [2.05, 4.69) is 31.2 Å². The van der Waals surface area contributed by atoms with Gasteiger partial charge in [0, 0.05) is 18.3 Å². The maximum atomic E-state index is 13.0. The van der Waals surface area contributed by atoms with Crippen LogP contribution in [0.15, 0.2) is 58.3 Å². The highest BCUT2D eigenvalue weighted by molar-refractivity contribution is 5.94. The van der Waals surface area contributed by atoms with E-state index in [-0.39, 0.29) is 23.9 Å². The standard InChI is InChI=1S/C22H23N9O4/c1-30(15-9-5-4-6-10-15)13-16-18(25-29-31(16)21-20(23)27-35-28-21)22(32)26-24-12-14-8-7-11-17(33-2)19(14)34-3/h4-12H,13H2,1-3H3,(H2,23,27)(H,26,32)/b24-12-. The van der Waals surface area contributed by atoms with Crippen molar-refractivity contribution in [2.45, 2.75) is 6.54 Å². The number of nitrogens with zero attached hydrogens (tertiary/aromatic N) is 7. The van der Waals surface area contributed by atoms with E-state index in [9.17, 15) is 4.79 Å². The SMILES string of the molecule is COc1cccc(/C=N\NC(=O)c2nnn(-c3nonc3N)c2CN(C)c2ccccc2)c1OC. The first-order valence-corrected chi connectivity index (χ1v) is 10.4. The maximum Gasteiger partial charge on any atom is 0.293 e. The molecule has 0 atom stereocenters. The Morgan fingerprint density at radius 3 is 2.66 bits per heavy atom. The number of para-hydroxylation sites is 2. The number of hydrogen-bond acceptors (Lipinski definition) is 11. The summed E-state index contributed by atoms with van der Waals surface area (Å²) in [5.74, 6) is 0.570. The lowest BCUT2D eigenvalue weighted by molar-refractivity contribution is 0.0949. The van der Waals surface area contributed by atoms with Gasteiger partial charge in [0.15, 0.2) is 17.2 Å². The topological polar surface area (TPSA) is 159 Å². The van der Waals surface area contributed by atoms with Gasteiger partial charge in [0.05, 0.1) is 32.7 Å². The second kappa shape index (κ2) is 10.3. The average Bonchev–Trinajstić information content (AvgIpc) is 3.49. The Kier molecular flexibility index (Phi) is 6.86. The van der Waals surface area contributed by atoms with Gasteiger partial charge < -0.3 is 20.1 Å². The number of ether oxygens (including phenoxy) is 2. The van der Waals surface area contributed by atoms with Gasteiger partial charge in [-0.05, 0) is 34.6 Å². The highest BCUT2D eigenvalue weighted by atomic mass is 16.6. The monoisotopic (exact) mass is 477 g/mol. The first-order valence-electron chi connectivity index (χ1n) is 10.4. The van der Waals surface area contributed by atoms with Gasteiger partial charge in [0.1, 0.15) is 0 Å². The van der Waals surface area contributed by atoms with Crippen molar-refractivity contribution in [2.24, 2.45) is 5.10 Å². The Labute approximate surface area is 200 Å². The summed E-state index contributed by atoms with van der Waals surface area (Å²) in [7, 11) is 4.92. The van der Waals surface area contributed by atoms with Crippen molar-refractivity contribution in [3.63, 3.8) is 0 Å². The number of benzene rings is 2. The van der Waals surface area contributed by atoms with Crippen LogP contribution in [0.5, 0.6) is 11.5 Å². The van der Waals surface area contributed by atoms with E-state index < -0.39 is 5.91 Å². The molecule has 180 valence electrons. The number of carbonyl (C=O) groups is 1. The predicted molar refractivity (Wildman–Crippen MR) is 127 cm³/mol. The van der Waals surface area contributed by atoms with Crippen LogP contribution in [0.25, 0.3) is 5.82 Å². The van der Waals surface area contributed by atoms with Crippen molar-refractivity contribution in [2.75, 3.05) is 31.9 Å². The molecule has 0 radical (unpaired) electrons. The zero-order valence-electron chi connectivity index (χ0n) is 19.2. The van der Waals surface area contributed by atoms with Gasteiger partial charge in [-0.2, -0.15) is 9.78 Å². The summed E-state index contributed by atoms with van der Waals surface area (Å²) in [6, 6.07) is 14.9. The second-order valence-corrected chi connectivity index (χ2v) is 7.24. The highest BCUT2D eigenvalue weighted by Crippen LogP contribution is 2.29. The molecule has 35 heavy (non-hydrogen) atoms. The van der Waals surface area contributed by atoms with Gasteiger partial charge in [0.2, 0.25) is 11.6 Å². The number of anilines is 2. The zero-order chi connectivity index (χ0) is 24.8. The minimum absolute atomic E-state index is 0.00798. The number of hydrogen-bond donors (Lipinski definition) is 2. The molecule has 2 aromatic heterocycles. The van der Waals surface area contributed by atoms with Crippen LogP contribution >= 0.6 is 0 Å². The number of aromatic nitrogens is 5. The maximum absolute atomic E-state index is 13.0. The molecular formula is C22H23N9O4. The molecule has 3 N–H and O–H groups in total. The van der Waals surface area contributed by atoms with Gasteiger partial charge in [0.25, 0.3) is 5.91 Å². The number of rotatable bonds is 9. The Morgan fingerprint density at radius 1 is 1.17 bits per heavy atom.